The van der Waals surface area contributed by atoms with Crippen LogP contribution in [-0.2, 0) is 6.61 Å². The Bertz CT molecular complexity index is 826. The van der Waals surface area contributed by atoms with E-state index in [0.717, 1.165) is 5.56 Å². The van der Waals surface area contributed by atoms with Crippen molar-refractivity contribution in [2.75, 3.05) is 0 Å². The second-order valence-electron chi connectivity index (χ2n) is 5.47. The third kappa shape index (κ3) is 5.06. The van der Waals surface area contributed by atoms with Crippen molar-refractivity contribution in [1.29, 1.82) is 0 Å². The maximum atomic E-state index is 13.2. The van der Waals surface area contributed by atoms with Gasteiger partial charge in [-0.25, -0.2) is 5.43 Å². The zero-order valence-corrected chi connectivity index (χ0v) is 14.5. The highest BCUT2D eigenvalue weighted by molar-refractivity contribution is 6.30. The molecule has 152 valence electrons. The van der Waals surface area contributed by atoms with Crippen LogP contribution in [0.15, 0.2) is 53.6 Å². The summed E-state index contributed by atoms with van der Waals surface area (Å²) in [7, 11) is 0. The maximum Gasteiger partial charge on any atom is 0.462 e. The molecule has 0 radical (unpaired) electrons. The van der Waals surface area contributed by atoms with Crippen molar-refractivity contribution >= 4 is 17.8 Å². The summed E-state index contributed by atoms with van der Waals surface area (Å²) < 4.78 is 93.8. The Kier molecular flexibility index (Phi) is 6.43. The Labute approximate surface area is 159 Å². The van der Waals surface area contributed by atoms with Gasteiger partial charge in [-0.3, -0.25) is 0 Å². The van der Waals surface area contributed by atoms with E-state index in [2.05, 4.69) is 5.10 Å². The molecule has 0 spiro atoms. The lowest BCUT2D eigenvalue weighted by Crippen LogP contribution is -2.58. The molecule has 0 aliphatic heterocycles. The zero-order valence-electron chi connectivity index (χ0n) is 13.8. The highest BCUT2D eigenvalue weighted by atomic mass is 35.5. The topological polar surface area (TPSA) is 33.6 Å². The van der Waals surface area contributed by atoms with Gasteiger partial charge in [-0.2, -0.15) is 35.8 Å². The van der Waals surface area contributed by atoms with Crippen LogP contribution >= 0.6 is 11.6 Å². The number of rotatable bonds is 7. The first kappa shape index (κ1) is 21.8. The lowest BCUT2D eigenvalue weighted by Gasteiger charge is -2.27. The highest BCUT2D eigenvalue weighted by Crippen LogP contribution is 2.45. The van der Waals surface area contributed by atoms with Crippen LogP contribution in [0.1, 0.15) is 11.1 Å². The van der Waals surface area contributed by atoms with Gasteiger partial charge in [-0.1, -0.05) is 41.9 Å². The summed E-state index contributed by atoms with van der Waals surface area (Å²) in [6.45, 7) is 0.0824. The van der Waals surface area contributed by atoms with Gasteiger partial charge in [0.05, 0.1) is 6.21 Å². The van der Waals surface area contributed by atoms with Gasteiger partial charge < -0.3 is 4.74 Å². The molecule has 3 nitrogen and oxygen atoms in total. The predicted molar refractivity (Wildman–Crippen MR) is 88.9 cm³/mol. The summed E-state index contributed by atoms with van der Waals surface area (Å²) in [6.07, 6.45) is -5.86. The Morgan fingerprint density at radius 2 is 1.61 bits per heavy atom. The quantitative estimate of drug-likeness (QED) is 0.268. The van der Waals surface area contributed by atoms with Gasteiger partial charge in [-0.15, -0.1) is 0 Å². The van der Waals surface area contributed by atoms with Crippen LogP contribution in [0.3, 0.4) is 0 Å². The van der Waals surface area contributed by atoms with E-state index < -0.39 is 18.1 Å². The molecule has 0 bridgehead atoms. The number of benzene rings is 2. The molecule has 0 saturated heterocycles. The molecule has 0 atom stereocenters. The van der Waals surface area contributed by atoms with Crippen LogP contribution in [0.25, 0.3) is 0 Å². The van der Waals surface area contributed by atoms with E-state index >= 15 is 0 Å². The van der Waals surface area contributed by atoms with Crippen LogP contribution in [0.2, 0.25) is 5.02 Å². The molecule has 0 fully saturated rings. The monoisotopic (exact) mass is 428 g/mol. The van der Waals surface area contributed by atoms with Crippen molar-refractivity contribution in [3.63, 3.8) is 0 Å². The summed E-state index contributed by atoms with van der Waals surface area (Å²) in [5, 5.41) is 2.95. The van der Waals surface area contributed by atoms with Crippen molar-refractivity contribution in [3.05, 3.63) is 64.7 Å². The number of nitrogens with one attached hydrogen (secondary N) is 1. The molecule has 0 saturated carbocycles. The fraction of sp³-hybridized carbons (Fsp3) is 0.235. The van der Waals surface area contributed by atoms with Crippen LogP contribution in [-0.4, -0.2) is 24.4 Å². The third-order valence-electron chi connectivity index (χ3n) is 3.37. The molecule has 2 rings (SSSR count). The van der Waals surface area contributed by atoms with E-state index in [0.29, 0.717) is 11.6 Å². The molecule has 0 amide bonds. The summed E-state index contributed by atoms with van der Waals surface area (Å²) >= 11 is 5.78. The second-order valence-corrected chi connectivity index (χ2v) is 5.91. The van der Waals surface area contributed by atoms with Crippen molar-refractivity contribution in [3.8, 4) is 5.75 Å². The normalized spacial score (nSPS) is 13.0. The summed E-state index contributed by atoms with van der Waals surface area (Å²) in [5.41, 5.74) is 1.30. The Hall–Kier alpha value is -2.49. The molecule has 0 aromatic heterocycles. The molecule has 1 N–H and O–H groups in total. The van der Waals surface area contributed by atoms with E-state index in [-0.39, 0.29) is 22.9 Å². The zero-order chi connectivity index (χ0) is 21.0. The van der Waals surface area contributed by atoms with Crippen molar-refractivity contribution < 1.29 is 35.5 Å². The van der Waals surface area contributed by atoms with Gasteiger partial charge in [0.25, 0.3) is 0 Å². The molecule has 0 aliphatic rings. The fourth-order valence-corrected chi connectivity index (χ4v) is 2.10. The van der Waals surface area contributed by atoms with Crippen molar-refractivity contribution in [2.45, 2.75) is 24.8 Å². The van der Waals surface area contributed by atoms with Gasteiger partial charge in [-0.05, 0) is 23.8 Å². The first-order valence-corrected chi connectivity index (χ1v) is 7.91. The SMILES string of the molecule is FC(F)(F)C(F)(F)C(F)(F)N/N=C\c1cc(Cl)ccc1OCc1ccccc1. The first-order valence-electron chi connectivity index (χ1n) is 7.53. The molecule has 0 unspecified atom stereocenters. The Morgan fingerprint density at radius 1 is 0.964 bits per heavy atom. The van der Waals surface area contributed by atoms with E-state index in [1.165, 1.54) is 18.2 Å². The summed E-state index contributed by atoms with van der Waals surface area (Å²) in [6, 6.07) is 7.15. The molecular weight excluding hydrogens is 417 g/mol. The molecule has 0 aliphatic carbocycles. The van der Waals surface area contributed by atoms with Crippen molar-refractivity contribution in [2.24, 2.45) is 5.10 Å². The average molecular weight is 429 g/mol. The number of alkyl halides is 7. The number of hydrazone groups is 1. The minimum absolute atomic E-state index is 0.0120. The largest absolute Gasteiger partial charge is 0.488 e. The number of halogens is 8. The van der Waals surface area contributed by atoms with Crippen LogP contribution < -0.4 is 10.2 Å². The van der Waals surface area contributed by atoms with Gasteiger partial charge >= 0.3 is 18.1 Å². The third-order valence-corrected chi connectivity index (χ3v) is 3.60. The van der Waals surface area contributed by atoms with Gasteiger partial charge in [0.15, 0.2) is 0 Å². The average Bonchev–Trinajstić information content (AvgIpc) is 2.60. The number of ether oxygens (including phenoxy) is 1. The smallest absolute Gasteiger partial charge is 0.462 e. The maximum absolute atomic E-state index is 13.2. The Balaban J connectivity index is 2.15. The highest BCUT2D eigenvalue weighted by Gasteiger charge is 2.73. The molecule has 2 aromatic rings. The molecule has 2 aromatic carbocycles. The van der Waals surface area contributed by atoms with Crippen LogP contribution in [0.4, 0.5) is 30.7 Å². The van der Waals surface area contributed by atoms with Gasteiger partial charge in [0, 0.05) is 10.6 Å². The number of hydrogen-bond donors (Lipinski definition) is 1. The minimum atomic E-state index is -6.46. The minimum Gasteiger partial charge on any atom is -0.488 e. The lowest BCUT2D eigenvalue weighted by atomic mass is 10.2. The predicted octanol–water partition coefficient (Wildman–Crippen LogP) is 5.63. The fourth-order valence-electron chi connectivity index (χ4n) is 1.92. The van der Waals surface area contributed by atoms with E-state index in [1.54, 1.807) is 30.3 Å². The number of hydrogen-bond acceptors (Lipinski definition) is 3. The summed E-state index contributed by atoms with van der Waals surface area (Å²) in [4.78, 5) is 0. The second kappa shape index (κ2) is 8.26. The number of nitrogens with zero attached hydrogens (tertiary/aromatic N) is 1. The molecule has 11 heteroatoms. The Morgan fingerprint density at radius 3 is 2.21 bits per heavy atom. The van der Waals surface area contributed by atoms with Crippen LogP contribution in [0, 0.1) is 0 Å². The summed E-state index contributed by atoms with van der Waals surface area (Å²) in [5.74, 6) is -6.22. The molecule has 28 heavy (non-hydrogen) atoms. The molecule has 0 heterocycles. The lowest BCUT2D eigenvalue weighted by molar-refractivity contribution is -0.361. The van der Waals surface area contributed by atoms with Crippen molar-refractivity contribution in [1.82, 2.24) is 5.43 Å². The van der Waals surface area contributed by atoms with E-state index in [4.69, 9.17) is 16.3 Å². The van der Waals surface area contributed by atoms with Gasteiger partial charge in [0.2, 0.25) is 0 Å². The van der Waals surface area contributed by atoms with E-state index in [9.17, 15) is 30.7 Å². The standard InChI is InChI=1S/C17H12ClF7N2O/c18-13-6-7-14(28-10-11-4-2-1-3-5-11)12(8-13)9-26-27-17(24,25)15(19,20)16(21,22)23/h1-9,27H,10H2/b26-9-. The first-order chi connectivity index (χ1) is 12.9. The van der Waals surface area contributed by atoms with E-state index in [1.807, 2.05) is 0 Å². The van der Waals surface area contributed by atoms with Gasteiger partial charge in [0.1, 0.15) is 12.4 Å². The van der Waals surface area contributed by atoms with Crippen LogP contribution in [0.5, 0.6) is 5.75 Å². The molecular formula is C17H12ClF7N2O.